The fourth-order valence-corrected chi connectivity index (χ4v) is 2.48. The molecule has 0 bridgehead atoms. The molecule has 1 unspecified atom stereocenters. The molecule has 7 heteroatoms. The molecule has 0 saturated heterocycles. The molecule has 102 valence electrons. The molecule has 0 radical (unpaired) electrons. The number of aromatic nitrogens is 3. The Morgan fingerprint density at radius 3 is 2.85 bits per heavy atom. The van der Waals surface area contributed by atoms with Gasteiger partial charge in [-0.2, -0.15) is 5.10 Å². The number of carbonyl (C=O) groups excluding carboxylic acids is 1. The number of carbonyl (C=O) groups is 1. The highest BCUT2D eigenvalue weighted by Crippen LogP contribution is 2.32. The van der Waals surface area contributed by atoms with Gasteiger partial charge < -0.3 is 4.90 Å². The van der Waals surface area contributed by atoms with Gasteiger partial charge in [-0.15, -0.1) is 0 Å². The number of para-hydroxylation sites is 1. The number of benzene rings is 1. The van der Waals surface area contributed by atoms with Gasteiger partial charge in [0.05, 0.1) is 0 Å². The van der Waals surface area contributed by atoms with Crippen molar-refractivity contribution in [3.05, 3.63) is 56.4 Å². The van der Waals surface area contributed by atoms with Gasteiger partial charge in [0.25, 0.3) is 11.5 Å². The zero-order valence-corrected chi connectivity index (χ0v) is 10.7. The van der Waals surface area contributed by atoms with Gasteiger partial charge >= 0.3 is 5.69 Å². The second kappa shape index (κ2) is 4.44. The summed E-state index contributed by atoms with van der Waals surface area (Å²) in [7, 11) is 0. The topological polar surface area (TPSA) is 98.9 Å². The Bertz CT molecular complexity index is 792. The van der Waals surface area contributed by atoms with Crippen LogP contribution in [0.3, 0.4) is 0 Å². The first-order valence-corrected chi connectivity index (χ1v) is 6.18. The van der Waals surface area contributed by atoms with E-state index >= 15 is 0 Å². The Labute approximate surface area is 113 Å². The number of anilines is 1. The zero-order valence-electron chi connectivity index (χ0n) is 10.7. The molecule has 2 aromatic rings. The molecule has 0 aliphatic carbocycles. The number of nitrogens with one attached hydrogen (secondary N) is 2. The van der Waals surface area contributed by atoms with Crippen LogP contribution in [0.15, 0.2) is 33.9 Å². The number of nitrogens with zero attached hydrogens (tertiary/aromatic N) is 2. The Morgan fingerprint density at radius 1 is 1.35 bits per heavy atom. The summed E-state index contributed by atoms with van der Waals surface area (Å²) in [5, 5.41) is 5.63. The van der Waals surface area contributed by atoms with Gasteiger partial charge in [-0.25, -0.2) is 9.89 Å². The lowest BCUT2D eigenvalue weighted by atomic mass is 10.1. The average Bonchev–Trinajstić information content (AvgIpc) is 2.73. The third kappa shape index (κ3) is 1.83. The molecule has 2 N–H and O–H groups in total. The molecule has 0 fully saturated rings. The number of H-pyrrole nitrogens is 2. The third-order valence-corrected chi connectivity index (χ3v) is 3.34. The van der Waals surface area contributed by atoms with Gasteiger partial charge in [0, 0.05) is 11.7 Å². The number of aromatic amines is 2. The predicted octanol–water partition coefficient (Wildman–Crippen LogP) is 0.0496. The van der Waals surface area contributed by atoms with E-state index in [4.69, 9.17) is 0 Å². The van der Waals surface area contributed by atoms with Crippen LogP contribution in [-0.4, -0.2) is 27.1 Å². The van der Waals surface area contributed by atoms with Crippen molar-refractivity contribution in [2.75, 3.05) is 4.90 Å². The molecule has 0 saturated carbocycles. The lowest BCUT2D eigenvalue weighted by Crippen LogP contribution is -2.41. The minimum absolute atomic E-state index is 0.0620. The molecular formula is C13H12N4O3. The van der Waals surface area contributed by atoms with Crippen LogP contribution in [0.5, 0.6) is 0 Å². The first-order valence-electron chi connectivity index (χ1n) is 6.18. The minimum atomic E-state index is -0.782. The summed E-state index contributed by atoms with van der Waals surface area (Å²) in [6, 6.07) is 7.46. The molecule has 1 aliphatic heterocycles. The van der Waals surface area contributed by atoms with Crippen LogP contribution in [0, 0.1) is 0 Å². The lowest BCUT2D eigenvalue weighted by molar-refractivity contribution is 0.0973. The summed E-state index contributed by atoms with van der Waals surface area (Å²) in [5.41, 5.74) is -0.00323. The third-order valence-electron chi connectivity index (χ3n) is 3.34. The van der Waals surface area contributed by atoms with E-state index in [0.717, 1.165) is 17.7 Å². The highest BCUT2D eigenvalue weighted by atomic mass is 16.2. The minimum Gasteiger partial charge on any atom is -0.303 e. The van der Waals surface area contributed by atoms with Crippen LogP contribution >= 0.6 is 0 Å². The highest BCUT2D eigenvalue weighted by Gasteiger charge is 2.33. The van der Waals surface area contributed by atoms with Crippen LogP contribution in [0.2, 0.25) is 0 Å². The van der Waals surface area contributed by atoms with Gasteiger partial charge in [0.1, 0.15) is 0 Å². The maximum absolute atomic E-state index is 12.5. The summed E-state index contributed by atoms with van der Waals surface area (Å²) in [5.74, 6) is -0.514. The molecule has 2 heterocycles. The molecule has 1 atom stereocenters. The number of rotatable bonds is 1. The van der Waals surface area contributed by atoms with E-state index in [-0.39, 0.29) is 11.7 Å². The summed E-state index contributed by atoms with van der Waals surface area (Å²) in [6.07, 6.45) is 0.725. The van der Waals surface area contributed by atoms with Crippen LogP contribution < -0.4 is 16.1 Å². The summed E-state index contributed by atoms with van der Waals surface area (Å²) in [4.78, 5) is 38.6. The van der Waals surface area contributed by atoms with Gasteiger partial charge in [-0.05, 0) is 25.0 Å². The Hall–Kier alpha value is -2.70. The van der Waals surface area contributed by atoms with E-state index in [1.807, 2.05) is 36.2 Å². The second-order valence-electron chi connectivity index (χ2n) is 4.71. The Balaban J connectivity index is 2.07. The van der Waals surface area contributed by atoms with Crippen molar-refractivity contribution in [2.24, 2.45) is 0 Å². The lowest BCUT2D eigenvalue weighted by Gasteiger charge is -2.21. The van der Waals surface area contributed by atoms with Crippen LogP contribution in [0.4, 0.5) is 5.69 Å². The SMILES string of the molecule is CC1Cc2ccccc2N1C(=O)c1n[nH]c(=O)[nH]c1=O. The van der Waals surface area contributed by atoms with E-state index in [1.54, 1.807) is 0 Å². The van der Waals surface area contributed by atoms with Gasteiger partial charge in [-0.3, -0.25) is 14.6 Å². The molecule has 20 heavy (non-hydrogen) atoms. The van der Waals surface area contributed by atoms with Crippen molar-refractivity contribution >= 4 is 11.6 Å². The second-order valence-corrected chi connectivity index (χ2v) is 4.71. The average molecular weight is 272 g/mol. The first-order chi connectivity index (χ1) is 9.58. The van der Waals surface area contributed by atoms with Gasteiger partial charge in [-0.1, -0.05) is 18.2 Å². The van der Waals surface area contributed by atoms with E-state index in [0.29, 0.717) is 0 Å². The smallest absolute Gasteiger partial charge is 0.303 e. The van der Waals surface area contributed by atoms with E-state index in [1.165, 1.54) is 4.90 Å². The van der Waals surface area contributed by atoms with E-state index in [9.17, 15) is 14.4 Å². The van der Waals surface area contributed by atoms with Crippen molar-refractivity contribution in [1.82, 2.24) is 15.2 Å². The van der Waals surface area contributed by atoms with E-state index < -0.39 is 17.2 Å². The van der Waals surface area contributed by atoms with Crippen molar-refractivity contribution < 1.29 is 4.79 Å². The van der Waals surface area contributed by atoms with Crippen LogP contribution in [0.25, 0.3) is 0 Å². The quantitative estimate of drug-likeness (QED) is 0.766. The van der Waals surface area contributed by atoms with Gasteiger partial charge in [0.2, 0.25) is 5.69 Å². The first kappa shape index (κ1) is 12.3. The largest absolute Gasteiger partial charge is 0.342 e. The number of hydrogen-bond donors (Lipinski definition) is 2. The molecule has 3 rings (SSSR count). The summed E-state index contributed by atoms with van der Waals surface area (Å²) >= 11 is 0. The van der Waals surface area contributed by atoms with E-state index in [2.05, 4.69) is 10.2 Å². The molecule has 1 aromatic carbocycles. The van der Waals surface area contributed by atoms with Crippen LogP contribution in [0.1, 0.15) is 23.0 Å². The molecule has 7 nitrogen and oxygen atoms in total. The fourth-order valence-electron chi connectivity index (χ4n) is 2.48. The predicted molar refractivity (Wildman–Crippen MR) is 71.9 cm³/mol. The van der Waals surface area contributed by atoms with Crippen molar-refractivity contribution in [3.63, 3.8) is 0 Å². The summed E-state index contributed by atoms with van der Waals surface area (Å²) < 4.78 is 0. The molecule has 0 spiro atoms. The molecule has 1 amide bonds. The molecule has 1 aromatic heterocycles. The Morgan fingerprint density at radius 2 is 2.10 bits per heavy atom. The normalized spacial score (nSPS) is 17.1. The van der Waals surface area contributed by atoms with Crippen molar-refractivity contribution in [1.29, 1.82) is 0 Å². The van der Waals surface area contributed by atoms with Crippen molar-refractivity contribution in [3.8, 4) is 0 Å². The fraction of sp³-hybridized carbons (Fsp3) is 0.231. The maximum atomic E-state index is 12.5. The number of hydrogen-bond acceptors (Lipinski definition) is 4. The standard InChI is InChI=1S/C13H12N4O3/c1-7-6-8-4-2-3-5-9(8)17(7)12(19)10-11(18)14-13(20)16-15-10/h2-5,7H,6H2,1H3,(H2,14,16,18,20). The van der Waals surface area contributed by atoms with Crippen LogP contribution in [-0.2, 0) is 6.42 Å². The van der Waals surface area contributed by atoms with Crippen molar-refractivity contribution in [2.45, 2.75) is 19.4 Å². The Kier molecular flexibility index (Phi) is 2.74. The number of amides is 1. The highest BCUT2D eigenvalue weighted by molar-refractivity contribution is 6.06. The molecule has 1 aliphatic rings. The maximum Gasteiger partial charge on any atom is 0.342 e. The number of fused-ring (bicyclic) bond motifs is 1. The monoisotopic (exact) mass is 272 g/mol. The molecular weight excluding hydrogens is 260 g/mol. The van der Waals surface area contributed by atoms with Gasteiger partial charge in [0.15, 0.2) is 0 Å². The summed E-state index contributed by atoms with van der Waals surface area (Å²) in [6.45, 7) is 1.90. The zero-order chi connectivity index (χ0) is 14.3.